The molecule has 0 unspecified atom stereocenters. The fraction of sp³-hybridized carbons (Fsp3) is 0.194. The van der Waals surface area contributed by atoms with Crippen LogP contribution in [-0.4, -0.2) is 17.1 Å². The molecule has 0 radical (unpaired) electrons. The Morgan fingerprint density at radius 1 is 1.00 bits per heavy atom. The molecule has 3 aromatic carbocycles. The molecule has 0 fully saturated rings. The second-order valence-electron chi connectivity index (χ2n) is 9.16. The first-order valence-corrected chi connectivity index (χ1v) is 13.2. The van der Waals surface area contributed by atoms with Crippen LogP contribution in [-0.2, 0) is 9.53 Å². The summed E-state index contributed by atoms with van der Waals surface area (Å²) in [6.07, 6.45) is 1.90. The maximum Gasteiger partial charge on any atom is 0.338 e. The average Bonchev–Trinajstić information content (AvgIpc) is 3.23. The van der Waals surface area contributed by atoms with Crippen molar-refractivity contribution in [2.24, 2.45) is 4.99 Å². The van der Waals surface area contributed by atoms with E-state index in [-0.39, 0.29) is 12.2 Å². The van der Waals surface area contributed by atoms with Gasteiger partial charge in [-0.2, -0.15) is 0 Å². The minimum absolute atomic E-state index is 0.181. The van der Waals surface area contributed by atoms with Crippen LogP contribution in [0.5, 0.6) is 0 Å². The molecule has 0 saturated carbocycles. The van der Waals surface area contributed by atoms with Crippen molar-refractivity contribution in [3.05, 3.63) is 132 Å². The molecule has 1 aromatic heterocycles. The first-order chi connectivity index (χ1) is 18.0. The monoisotopic (exact) mass is 508 g/mol. The third kappa shape index (κ3) is 4.85. The van der Waals surface area contributed by atoms with Crippen molar-refractivity contribution in [2.45, 2.75) is 32.7 Å². The summed E-state index contributed by atoms with van der Waals surface area (Å²) in [7, 11) is 0. The van der Waals surface area contributed by atoms with Crippen LogP contribution in [0.1, 0.15) is 55.0 Å². The van der Waals surface area contributed by atoms with E-state index in [1.54, 1.807) is 11.5 Å². The van der Waals surface area contributed by atoms with Gasteiger partial charge in [-0.3, -0.25) is 9.36 Å². The molecule has 37 heavy (non-hydrogen) atoms. The lowest BCUT2D eigenvalue weighted by Gasteiger charge is -2.25. The molecule has 1 atom stereocenters. The zero-order valence-electron chi connectivity index (χ0n) is 21.0. The number of benzene rings is 3. The molecule has 1 aliphatic heterocycles. The number of nitrogens with zero attached hydrogens (tertiary/aromatic N) is 2. The number of aromatic nitrogens is 1. The normalized spacial score (nSPS) is 15.5. The van der Waals surface area contributed by atoms with Gasteiger partial charge >= 0.3 is 5.97 Å². The molecule has 186 valence electrons. The van der Waals surface area contributed by atoms with Crippen molar-refractivity contribution in [2.75, 3.05) is 6.61 Å². The van der Waals surface area contributed by atoms with Crippen LogP contribution in [0.2, 0.25) is 0 Å². The first kappa shape index (κ1) is 24.7. The van der Waals surface area contributed by atoms with E-state index in [1.165, 1.54) is 16.9 Å². The highest BCUT2D eigenvalue weighted by Gasteiger charge is 2.35. The Bertz CT molecular complexity index is 1630. The lowest BCUT2D eigenvalue weighted by molar-refractivity contribution is -0.138. The molecule has 2 heterocycles. The van der Waals surface area contributed by atoms with Crippen LogP contribution in [0.25, 0.3) is 11.8 Å². The van der Waals surface area contributed by atoms with E-state index < -0.39 is 12.0 Å². The smallest absolute Gasteiger partial charge is 0.338 e. The lowest BCUT2D eigenvalue weighted by atomic mass is 9.93. The van der Waals surface area contributed by atoms with Gasteiger partial charge in [-0.1, -0.05) is 110 Å². The molecule has 0 aliphatic carbocycles. The highest BCUT2D eigenvalue weighted by Crippen LogP contribution is 2.35. The number of carbonyl (C=O) groups excluding carboxylic acids is 1. The topological polar surface area (TPSA) is 60.7 Å². The molecule has 0 bridgehead atoms. The van der Waals surface area contributed by atoms with Gasteiger partial charge in [0.1, 0.15) is 0 Å². The van der Waals surface area contributed by atoms with E-state index in [1.807, 2.05) is 78.9 Å². The number of rotatable bonds is 6. The van der Waals surface area contributed by atoms with Crippen molar-refractivity contribution < 1.29 is 9.53 Å². The largest absolute Gasteiger partial charge is 0.463 e. The van der Waals surface area contributed by atoms with Gasteiger partial charge in [-0.05, 0) is 35.6 Å². The molecule has 0 N–H and O–H groups in total. The van der Waals surface area contributed by atoms with E-state index in [2.05, 4.69) is 26.0 Å². The summed E-state index contributed by atoms with van der Waals surface area (Å²) >= 11 is 1.33. The van der Waals surface area contributed by atoms with Crippen LogP contribution < -0.4 is 14.9 Å². The third-order valence-corrected chi connectivity index (χ3v) is 7.37. The maximum atomic E-state index is 13.9. The van der Waals surface area contributed by atoms with Gasteiger partial charge in [0, 0.05) is 5.56 Å². The van der Waals surface area contributed by atoms with E-state index in [0.717, 1.165) is 16.7 Å². The number of esters is 1. The fourth-order valence-electron chi connectivity index (χ4n) is 4.52. The summed E-state index contributed by atoms with van der Waals surface area (Å²) in [6, 6.07) is 26.8. The molecule has 6 heteroatoms. The number of thiazole rings is 1. The van der Waals surface area contributed by atoms with Gasteiger partial charge in [0.15, 0.2) is 4.80 Å². The standard InChI is InChI=1S/C31H28N2O3S/c1-4-36-30(35)26-27(23-11-7-5-8-12-23)32-31-33(28(26)24-13-9-6-10-14-24)29(34)25(37-31)19-21-15-17-22(18-16-21)20(2)3/h5-20,28H,4H2,1-3H3/b25-19-/t28-/m1/s1. The zero-order valence-corrected chi connectivity index (χ0v) is 21.9. The Morgan fingerprint density at radius 3 is 2.27 bits per heavy atom. The van der Waals surface area contributed by atoms with Crippen LogP contribution in [0.3, 0.4) is 0 Å². The molecule has 5 rings (SSSR count). The molecular formula is C31H28N2O3S. The second kappa shape index (κ2) is 10.5. The van der Waals surface area contributed by atoms with Crippen molar-refractivity contribution in [3.63, 3.8) is 0 Å². The SMILES string of the molecule is CCOC(=O)C1=C(c2ccccc2)N=c2s/c(=C\c3ccc(C(C)C)cc3)c(=O)n2[C@@H]1c1ccccc1. The Kier molecular flexibility index (Phi) is 7.01. The van der Waals surface area contributed by atoms with Crippen molar-refractivity contribution in [3.8, 4) is 0 Å². The minimum atomic E-state index is -0.655. The van der Waals surface area contributed by atoms with Gasteiger partial charge in [-0.15, -0.1) is 0 Å². The Morgan fingerprint density at radius 2 is 1.65 bits per heavy atom. The van der Waals surface area contributed by atoms with Gasteiger partial charge in [0.05, 0.1) is 28.5 Å². The molecule has 0 spiro atoms. The summed E-state index contributed by atoms with van der Waals surface area (Å²) in [5.41, 5.74) is 4.52. The Labute approximate surface area is 219 Å². The third-order valence-electron chi connectivity index (χ3n) is 6.39. The highest BCUT2D eigenvalue weighted by molar-refractivity contribution is 7.07. The quantitative estimate of drug-likeness (QED) is 0.342. The molecule has 0 amide bonds. The number of ether oxygens (including phenoxy) is 1. The van der Waals surface area contributed by atoms with Crippen LogP contribution in [0, 0.1) is 0 Å². The number of hydrogen-bond acceptors (Lipinski definition) is 5. The van der Waals surface area contributed by atoms with Crippen LogP contribution >= 0.6 is 11.3 Å². The van der Waals surface area contributed by atoms with E-state index in [9.17, 15) is 9.59 Å². The van der Waals surface area contributed by atoms with Crippen LogP contribution in [0.4, 0.5) is 0 Å². The van der Waals surface area contributed by atoms with Gasteiger partial charge in [0.25, 0.3) is 5.56 Å². The van der Waals surface area contributed by atoms with Crippen molar-refractivity contribution in [1.82, 2.24) is 4.57 Å². The van der Waals surface area contributed by atoms with Crippen molar-refractivity contribution >= 4 is 29.1 Å². The first-order valence-electron chi connectivity index (χ1n) is 12.4. The second-order valence-corrected chi connectivity index (χ2v) is 10.2. The summed E-state index contributed by atoms with van der Waals surface area (Å²) in [4.78, 5) is 32.7. The van der Waals surface area contributed by atoms with E-state index in [0.29, 0.717) is 26.5 Å². The number of fused-ring (bicyclic) bond motifs is 1. The summed E-state index contributed by atoms with van der Waals surface area (Å²) in [5, 5.41) is 0. The number of hydrogen-bond donors (Lipinski definition) is 0. The lowest BCUT2D eigenvalue weighted by Crippen LogP contribution is -2.39. The zero-order chi connectivity index (χ0) is 25.9. The molecule has 5 nitrogen and oxygen atoms in total. The van der Waals surface area contributed by atoms with Gasteiger partial charge in [0.2, 0.25) is 0 Å². The van der Waals surface area contributed by atoms with Crippen molar-refractivity contribution in [1.29, 1.82) is 0 Å². The summed E-state index contributed by atoms with van der Waals surface area (Å²) in [6.45, 7) is 6.31. The fourth-order valence-corrected chi connectivity index (χ4v) is 5.52. The average molecular weight is 509 g/mol. The van der Waals surface area contributed by atoms with E-state index >= 15 is 0 Å². The summed E-state index contributed by atoms with van der Waals surface area (Å²) in [5.74, 6) is -0.0413. The van der Waals surface area contributed by atoms with E-state index in [4.69, 9.17) is 9.73 Å². The molecule has 4 aromatic rings. The molecule has 1 aliphatic rings. The Balaban J connectivity index is 1.77. The Hall–Kier alpha value is -4.03. The highest BCUT2D eigenvalue weighted by atomic mass is 32.1. The number of carbonyl (C=O) groups is 1. The predicted molar refractivity (Wildman–Crippen MR) is 148 cm³/mol. The minimum Gasteiger partial charge on any atom is -0.463 e. The van der Waals surface area contributed by atoms with Gasteiger partial charge in [-0.25, -0.2) is 9.79 Å². The van der Waals surface area contributed by atoms with Gasteiger partial charge < -0.3 is 4.74 Å². The summed E-state index contributed by atoms with van der Waals surface area (Å²) < 4.78 is 7.69. The molecular weight excluding hydrogens is 480 g/mol. The maximum absolute atomic E-state index is 13.9. The van der Waals surface area contributed by atoms with Crippen LogP contribution in [0.15, 0.2) is 100 Å². The predicted octanol–water partition coefficient (Wildman–Crippen LogP) is 5.06. The molecule has 0 saturated heterocycles.